The van der Waals surface area contributed by atoms with Crippen LogP contribution < -0.4 is 4.74 Å². The molecule has 0 N–H and O–H groups in total. The van der Waals surface area contributed by atoms with Gasteiger partial charge in [-0.05, 0) is 26.0 Å². The molecular formula is C12H16O3. The molecule has 0 unspecified atom stereocenters. The zero-order chi connectivity index (χ0) is 10.7. The van der Waals surface area contributed by atoms with Gasteiger partial charge in [0.25, 0.3) is 0 Å². The van der Waals surface area contributed by atoms with E-state index in [-0.39, 0.29) is 6.29 Å². The summed E-state index contributed by atoms with van der Waals surface area (Å²) in [4.78, 5) is 0. The van der Waals surface area contributed by atoms with Gasteiger partial charge in [-0.2, -0.15) is 0 Å². The molecule has 0 atom stereocenters. The van der Waals surface area contributed by atoms with Crippen molar-refractivity contribution in [3.05, 3.63) is 29.3 Å². The van der Waals surface area contributed by atoms with E-state index in [2.05, 4.69) is 6.07 Å². The highest BCUT2D eigenvalue weighted by Crippen LogP contribution is 2.31. The standard InChI is InChI=1S/C12H16O3/c1-3-13-11-5-4-9(2)8-10(11)12-14-6-7-15-12/h4-5,8,12H,3,6-7H2,1-2H3. The minimum atomic E-state index is -0.258. The van der Waals surface area contributed by atoms with Crippen LogP contribution in [0.4, 0.5) is 0 Å². The summed E-state index contributed by atoms with van der Waals surface area (Å²) in [5.74, 6) is 0.856. The molecule has 1 aliphatic rings. The van der Waals surface area contributed by atoms with Crippen LogP contribution in [0.2, 0.25) is 0 Å². The lowest BCUT2D eigenvalue weighted by Crippen LogP contribution is -2.03. The molecule has 0 saturated carbocycles. The van der Waals surface area contributed by atoms with Gasteiger partial charge in [0.2, 0.25) is 0 Å². The highest BCUT2D eigenvalue weighted by Gasteiger charge is 2.22. The lowest BCUT2D eigenvalue weighted by atomic mass is 10.1. The molecule has 1 fully saturated rings. The van der Waals surface area contributed by atoms with Gasteiger partial charge >= 0.3 is 0 Å². The first-order chi connectivity index (χ1) is 7.31. The number of aryl methyl sites for hydroxylation is 1. The Kier molecular flexibility index (Phi) is 3.23. The summed E-state index contributed by atoms with van der Waals surface area (Å²) >= 11 is 0. The monoisotopic (exact) mass is 208 g/mol. The smallest absolute Gasteiger partial charge is 0.187 e. The molecule has 0 spiro atoms. The second-order valence-electron chi connectivity index (χ2n) is 3.55. The van der Waals surface area contributed by atoms with Crippen LogP contribution in [0.25, 0.3) is 0 Å². The van der Waals surface area contributed by atoms with Gasteiger partial charge in [0.15, 0.2) is 6.29 Å². The molecule has 1 aromatic carbocycles. The topological polar surface area (TPSA) is 27.7 Å². The van der Waals surface area contributed by atoms with Crippen molar-refractivity contribution in [2.45, 2.75) is 20.1 Å². The van der Waals surface area contributed by atoms with E-state index in [0.29, 0.717) is 19.8 Å². The lowest BCUT2D eigenvalue weighted by Gasteiger charge is -2.15. The highest BCUT2D eigenvalue weighted by molar-refractivity contribution is 5.38. The largest absolute Gasteiger partial charge is 0.493 e. The normalized spacial score (nSPS) is 16.9. The first kappa shape index (κ1) is 10.5. The third-order valence-corrected chi connectivity index (χ3v) is 2.34. The summed E-state index contributed by atoms with van der Waals surface area (Å²) in [6, 6.07) is 6.06. The number of hydrogen-bond donors (Lipinski definition) is 0. The Bertz CT molecular complexity index is 330. The molecule has 1 heterocycles. The SMILES string of the molecule is CCOc1ccc(C)cc1C1OCCO1. The summed E-state index contributed by atoms with van der Waals surface area (Å²) in [5, 5.41) is 0. The van der Waals surface area contributed by atoms with Crippen molar-refractivity contribution in [2.24, 2.45) is 0 Å². The summed E-state index contributed by atoms with van der Waals surface area (Å²) in [7, 11) is 0. The first-order valence-electron chi connectivity index (χ1n) is 5.28. The van der Waals surface area contributed by atoms with Crippen molar-refractivity contribution in [1.82, 2.24) is 0 Å². The second-order valence-corrected chi connectivity index (χ2v) is 3.55. The van der Waals surface area contributed by atoms with E-state index in [1.165, 1.54) is 5.56 Å². The number of ether oxygens (including phenoxy) is 3. The van der Waals surface area contributed by atoms with E-state index >= 15 is 0 Å². The second kappa shape index (κ2) is 4.64. The Hall–Kier alpha value is -1.06. The Morgan fingerprint density at radius 1 is 1.33 bits per heavy atom. The van der Waals surface area contributed by atoms with Gasteiger partial charge in [0.05, 0.1) is 19.8 Å². The summed E-state index contributed by atoms with van der Waals surface area (Å²) in [5.41, 5.74) is 2.18. The van der Waals surface area contributed by atoms with E-state index in [1.807, 2.05) is 26.0 Å². The quantitative estimate of drug-likeness (QED) is 0.763. The molecule has 1 saturated heterocycles. The summed E-state index contributed by atoms with van der Waals surface area (Å²) in [6.45, 7) is 5.99. The van der Waals surface area contributed by atoms with Crippen LogP contribution in [-0.2, 0) is 9.47 Å². The third-order valence-electron chi connectivity index (χ3n) is 2.34. The van der Waals surface area contributed by atoms with Gasteiger partial charge in [0.1, 0.15) is 5.75 Å². The first-order valence-corrected chi connectivity index (χ1v) is 5.28. The summed E-state index contributed by atoms with van der Waals surface area (Å²) < 4.78 is 16.5. The Morgan fingerprint density at radius 3 is 2.73 bits per heavy atom. The van der Waals surface area contributed by atoms with Crippen molar-refractivity contribution in [1.29, 1.82) is 0 Å². The predicted molar refractivity (Wildman–Crippen MR) is 57.0 cm³/mol. The molecule has 82 valence electrons. The molecule has 0 bridgehead atoms. The number of hydrogen-bond acceptors (Lipinski definition) is 3. The van der Waals surface area contributed by atoms with E-state index in [4.69, 9.17) is 14.2 Å². The van der Waals surface area contributed by atoms with Crippen molar-refractivity contribution in [3.8, 4) is 5.75 Å². The maximum Gasteiger partial charge on any atom is 0.187 e. The van der Waals surface area contributed by atoms with Crippen LogP contribution in [0.3, 0.4) is 0 Å². The Morgan fingerprint density at radius 2 is 2.07 bits per heavy atom. The molecule has 1 aliphatic heterocycles. The minimum Gasteiger partial charge on any atom is -0.493 e. The van der Waals surface area contributed by atoms with Crippen LogP contribution in [0, 0.1) is 6.92 Å². The molecule has 15 heavy (non-hydrogen) atoms. The van der Waals surface area contributed by atoms with Gasteiger partial charge in [-0.3, -0.25) is 0 Å². The fraction of sp³-hybridized carbons (Fsp3) is 0.500. The Balaban J connectivity index is 2.28. The average molecular weight is 208 g/mol. The minimum absolute atomic E-state index is 0.258. The Labute approximate surface area is 90.0 Å². The van der Waals surface area contributed by atoms with E-state index < -0.39 is 0 Å². The van der Waals surface area contributed by atoms with Crippen molar-refractivity contribution < 1.29 is 14.2 Å². The van der Waals surface area contributed by atoms with Crippen LogP contribution in [0.15, 0.2) is 18.2 Å². The maximum atomic E-state index is 5.54. The van der Waals surface area contributed by atoms with Crippen LogP contribution in [0.1, 0.15) is 24.3 Å². The molecule has 0 radical (unpaired) electrons. The highest BCUT2D eigenvalue weighted by atomic mass is 16.7. The average Bonchev–Trinajstić information content (AvgIpc) is 2.74. The third kappa shape index (κ3) is 2.30. The van der Waals surface area contributed by atoms with Crippen LogP contribution in [-0.4, -0.2) is 19.8 Å². The lowest BCUT2D eigenvalue weighted by molar-refractivity contribution is -0.0457. The van der Waals surface area contributed by atoms with Crippen LogP contribution >= 0.6 is 0 Å². The molecule has 2 rings (SSSR count). The zero-order valence-corrected chi connectivity index (χ0v) is 9.16. The van der Waals surface area contributed by atoms with E-state index in [0.717, 1.165) is 11.3 Å². The maximum absolute atomic E-state index is 5.54. The fourth-order valence-corrected chi connectivity index (χ4v) is 1.68. The zero-order valence-electron chi connectivity index (χ0n) is 9.16. The summed E-state index contributed by atoms with van der Waals surface area (Å²) in [6.07, 6.45) is -0.258. The number of benzene rings is 1. The fourth-order valence-electron chi connectivity index (χ4n) is 1.68. The van der Waals surface area contributed by atoms with E-state index in [1.54, 1.807) is 0 Å². The molecule has 3 heteroatoms. The number of rotatable bonds is 3. The molecule has 0 aliphatic carbocycles. The van der Waals surface area contributed by atoms with Gasteiger partial charge in [-0.15, -0.1) is 0 Å². The molecular weight excluding hydrogens is 192 g/mol. The molecule has 3 nitrogen and oxygen atoms in total. The van der Waals surface area contributed by atoms with Gasteiger partial charge in [-0.25, -0.2) is 0 Å². The molecule has 1 aromatic rings. The predicted octanol–water partition coefficient (Wildman–Crippen LogP) is 2.44. The van der Waals surface area contributed by atoms with Crippen LogP contribution in [0.5, 0.6) is 5.75 Å². The van der Waals surface area contributed by atoms with Crippen molar-refractivity contribution in [2.75, 3.05) is 19.8 Å². The van der Waals surface area contributed by atoms with Gasteiger partial charge in [0, 0.05) is 5.56 Å². The van der Waals surface area contributed by atoms with Gasteiger partial charge < -0.3 is 14.2 Å². The molecule has 0 aromatic heterocycles. The molecule has 0 amide bonds. The van der Waals surface area contributed by atoms with Gasteiger partial charge in [-0.1, -0.05) is 11.6 Å². The van der Waals surface area contributed by atoms with Crippen molar-refractivity contribution in [3.63, 3.8) is 0 Å². The van der Waals surface area contributed by atoms with E-state index in [9.17, 15) is 0 Å². The van der Waals surface area contributed by atoms with Crippen molar-refractivity contribution >= 4 is 0 Å².